The van der Waals surface area contributed by atoms with E-state index in [4.69, 9.17) is 5.11 Å². The predicted octanol–water partition coefficient (Wildman–Crippen LogP) is 1.93. The van der Waals surface area contributed by atoms with Crippen LogP contribution in [0.5, 0.6) is 0 Å². The van der Waals surface area contributed by atoms with Gasteiger partial charge in [-0.1, -0.05) is 12.1 Å². The van der Waals surface area contributed by atoms with Crippen molar-refractivity contribution in [2.75, 3.05) is 18.0 Å². The Bertz CT molecular complexity index is 665. The standard InChI is InChI=1S/C15H19N3O3/c1-4-18(9-15(2,3)21)13-10-7-5-6-8-11(10)16-12(17-13)14(19)20/h5-8,21H,4,9H2,1-3H3,(H,19,20). The zero-order valence-corrected chi connectivity index (χ0v) is 12.4. The normalized spacial score (nSPS) is 11.6. The molecule has 21 heavy (non-hydrogen) atoms. The number of hydrogen-bond donors (Lipinski definition) is 2. The third-order valence-corrected chi connectivity index (χ3v) is 3.03. The summed E-state index contributed by atoms with van der Waals surface area (Å²) in [5, 5.41) is 20.0. The van der Waals surface area contributed by atoms with Gasteiger partial charge in [0.15, 0.2) is 0 Å². The van der Waals surface area contributed by atoms with Gasteiger partial charge >= 0.3 is 5.97 Å². The van der Waals surface area contributed by atoms with Gasteiger partial charge in [-0.05, 0) is 32.9 Å². The van der Waals surface area contributed by atoms with Crippen LogP contribution in [-0.2, 0) is 0 Å². The van der Waals surface area contributed by atoms with Crippen LogP contribution >= 0.6 is 0 Å². The Morgan fingerprint density at radius 1 is 1.29 bits per heavy atom. The number of likely N-dealkylation sites (N-methyl/N-ethyl adjacent to an activating group) is 1. The van der Waals surface area contributed by atoms with Crippen LogP contribution in [-0.4, -0.2) is 44.8 Å². The molecule has 6 nitrogen and oxygen atoms in total. The van der Waals surface area contributed by atoms with Crippen LogP contribution in [0.1, 0.15) is 31.4 Å². The van der Waals surface area contributed by atoms with Gasteiger partial charge in [0.2, 0.25) is 5.82 Å². The summed E-state index contributed by atoms with van der Waals surface area (Å²) in [4.78, 5) is 21.3. The van der Waals surface area contributed by atoms with Crippen LogP contribution in [0, 0.1) is 0 Å². The molecule has 0 unspecified atom stereocenters. The number of rotatable bonds is 5. The smallest absolute Gasteiger partial charge is 0.374 e. The van der Waals surface area contributed by atoms with E-state index in [2.05, 4.69) is 9.97 Å². The predicted molar refractivity (Wildman–Crippen MR) is 80.7 cm³/mol. The average Bonchev–Trinajstić information content (AvgIpc) is 2.42. The lowest BCUT2D eigenvalue weighted by molar-refractivity contribution is 0.0684. The molecule has 0 aliphatic carbocycles. The number of anilines is 1. The number of aromatic carboxylic acids is 1. The molecule has 1 aromatic heterocycles. The SMILES string of the molecule is CCN(CC(C)(C)O)c1nc(C(=O)O)nc2ccccc12. The Kier molecular flexibility index (Phi) is 4.09. The van der Waals surface area contributed by atoms with Crippen molar-refractivity contribution in [3.63, 3.8) is 0 Å². The molecule has 0 spiro atoms. The van der Waals surface area contributed by atoms with Crippen LogP contribution in [0.2, 0.25) is 0 Å². The Labute approximate surface area is 123 Å². The Balaban J connectivity index is 2.61. The summed E-state index contributed by atoms with van der Waals surface area (Å²) < 4.78 is 0. The van der Waals surface area contributed by atoms with E-state index in [0.29, 0.717) is 24.4 Å². The number of nitrogens with zero attached hydrogens (tertiary/aromatic N) is 3. The van der Waals surface area contributed by atoms with E-state index in [1.54, 1.807) is 26.0 Å². The van der Waals surface area contributed by atoms with Crippen LogP contribution < -0.4 is 4.90 Å². The first-order valence-electron chi connectivity index (χ1n) is 6.79. The van der Waals surface area contributed by atoms with Crippen molar-refractivity contribution in [2.24, 2.45) is 0 Å². The summed E-state index contributed by atoms with van der Waals surface area (Å²) in [6.45, 7) is 6.30. The number of fused-ring (bicyclic) bond motifs is 1. The number of hydrogen-bond acceptors (Lipinski definition) is 5. The quantitative estimate of drug-likeness (QED) is 0.874. The Morgan fingerprint density at radius 3 is 2.52 bits per heavy atom. The molecule has 0 aliphatic rings. The summed E-state index contributed by atoms with van der Waals surface area (Å²) in [6.07, 6.45) is 0. The maximum Gasteiger partial charge on any atom is 0.374 e. The number of aliphatic hydroxyl groups is 1. The molecule has 0 amide bonds. The third kappa shape index (κ3) is 3.46. The molecule has 1 aromatic carbocycles. The molecule has 0 aliphatic heterocycles. The topological polar surface area (TPSA) is 86.5 Å². The first kappa shape index (κ1) is 15.2. The molecule has 2 N–H and O–H groups in total. The largest absolute Gasteiger partial charge is 0.475 e. The van der Waals surface area contributed by atoms with Gasteiger partial charge < -0.3 is 15.1 Å². The van der Waals surface area contributed by atoms with Crippen LogP contribution in [0.4, 0.5) is 5.82 Å². The minimum atomic E-state index is -1.17. The first-order valence-corrected chi connectivity index (χ1v) is 6.79. The van der Waals surface area contributed by atoms with E-state index >= 15 is 0 Å². The lowest BCUT2D eigenvalue weighted by Gasteiger charge is -2.29. The van der Waals surface area contributed by atoms with Gasteiger partial charge in [-0.2, -0.15) is 0 Å². The number of carbonyl (C=O) groups is 1. The van der Waals surface area contributed by atoms with Crippen molar-refractivity contribution in [2.45, 2.75) is 26.4 Å². The Morgan fingerprint density at radius 2 is 1.95 bits per heavy atom. The molecule has 112 valence electrons. The number of aromatic nitrogens is 2. The zero-order chi connectivity index (χ0) is 15.6. The molecular weight excluding hydrogens is 270 g/mol. The lowest BCUT2D eigenvalue weighted by Crippen LogP contribution is -2.39. The molecular formula is C15H19N3O3. The summed E-state index contributed by atoms with van der Waals surface area (Å²) in [7, 11) is 0. The Hall–Kier alpha value is -2.21. The number of carboxylic acids is 1. The van der Waals surface area contributed by atoms with Crippen molar-refractivity contribution in [3.8, 4) is 0 Å². The monoisotopic (exact) mass is 289 g/mol. The molecule has 1 heterocycles. The molecule has 0 fully saturated rings. The highest BCUT2D eigenvalue weighted by Crippen LogP contribution is 2.25. The molecule has 2 aromatic rings. The number of carboxylic acid groups (broad SMARTS) is 1. The van der Waals surface area contributed by atoms with E-state index in [9.17, 15) is 9.90 Å². The van der Waals surface area contributed by atoms with Crippen molar-refractivity contribution in [3.05, 3.63) is 30.1 Å². The van der Waals surface area contributed by atoms with Gasteiger partial charge in [-0.25, -0.2) is 14.8 Å². The van der Waals surface area contributed by atoms with E-state index in [0.717, 1.165) is 5.39 Å². The van der Waals surface area contributed by atoms with Crippen LogP contribution in [0.3, 0.4) is 0 Å². The summed E-state index contributed by atoms with van der Waals surface area (Å²) in [5.41, 5.74) is -0.333. The highest BCUT2D eigenvalue weighted by molar-refractivity contribution is 5.93. The fourth-order valence-electron chi connectivity index (χ4n) is 2.20. The van der Waals surface area contributed by atoms with Crippen molar-refractivity contribution >= 4 is 22.7 Å². The molecule has 0 atom stereocenters. The third-order valence-electron chi connectivity index (χ3n) is 3.03. The second kappa shape index (κ2) is 5.65. The van der Waals surface area contributed by atoms with Gasteiger partial charge in [0, 0.05) is 18.5 Å². The minimum Gasteiger partial charge on any atom is -0.475 e. The van der Waals surface area contributed by atoms with Crippen LogP contribution in [0.25, 0.3) is 10.9 Å². The fraction of sp³-hybridized carbons (Fsp3) is 0.400. The van der Waals surface area contributed by atoms with Gasteiger partial charge in [-0.3, -0.25) is 0 Å². The minimum absolute atomic E-state index is 0.238. The number of benzene rings is 1. The fourth-order valence-corrected chi connectivity index (χ4v) is 2.20. The molecule has 2 rings (SSSR count). The summed E-state index contributed by atoms with van der Waals surface area (Å²) >= 11 is 0. The second-order valence-corrected chi connectivity index (χ2v) is 5.52. The first-order chi connectivity index (χ1) is 9.81. The molecule has 0 radical (unpaired) electrons. The average molecular weight is 289 g/mol. The lowest BCUT2D eigenvalue weighted by atomic mass is 10.1. The summed E-state index contributed by atoms with van der Waals surface area (Å²) in [5.74, 6) is -0.873. The van der Waals surface area contributed by atoms with Crippen LogP contribution in [0.15, 0.2) is 24.3 Å². The maximum atomic E-state index is 11.2. The maximum absolute atomic E-state index is 11.2. The highest BCUT2D eigenvalue weighted by Gasteiger charge is 2.22. The van der Waals surface area contributed by atoms with Gasteiger partial charge in [-0.15, -0.1) is 0 Å². The zero-order valence-electron chi connectivity index (χ0n) is 12.4. The van der Waals surface area contributed by atoms with Gasteiger partial charge in [0.1, 0.15) is 5.82 Å². The summed E-state index contributed by atoms with van der Waals surface area (Å²) in [6, 6.07) is 7.26. The van der Waals surface area contributed by atoms with Crippen molar-refractivity contribution in [1.29, 1.82) is 0 Å². The van der Waals surface area contributed by atoms with E-state index in [1.807, 2.05) is 24.0 Å². The second-order valence-electron chi connectivity index (χ2n) is 5.52. The van der Waals surface area contributed by atoms with E-state index < -0.39 is 11.6 Å². The number of para-hydroxylation sites is 1. The van der Waals surface area contributed by atoms with E-state index in [-0.39, 0.29) is 5.82 Å². The highest BCUT2D eigenvalue weighted by atomic mass is 16.4. The molecule has 6 heteroatoms. The van der Waals surface area contributed by atoms with E-state index in [1.165, 1.54) is 0 Å². The molecule has 0 saturated heterocycles. The molecule has 0 saturated carbocycles. The van der Waals surface area contributed by atoms with Crippen molar-refractivity contribution in [1.82, 2.24) is 9.97 Å². The van der Waals surface area contributed by atoms with Gasteiger partial charge in [0.25, 0.3) is 0 Å². The van der Waals surface area contributed by atoms with Gasteiger partial charge in [0.05, 0.1) is 11.1 Å². The molecule has 0 bridgehead atoms. The van der Waals surface area contributed by atoms with Crippen molar-refractivity contribution < 1.29 is 15.0 Å².